The number of ether oxygens (including phenoxy) is 1. The van der Waals surface area contributed by atoms with Gasteiger partial charge in [-0.3, -0.25) is 9.52 Å². The molecule has 0 saturated heterocycles. The van der Waals surface area contributed by atoms with Gasteiger partial charge in [-0.2, -0.15) is 0 Å². The Morgan fingerprint density at radius 3 is 2.57 bits per heavy atom. The van der Waals surface area contributed by atoms with E-state index in [2.05, 4.69) is 15.2 Å². The van der Waals surface area contributed by atoms with Crippen molar-refractivity contribution < 1.29 is 26.9 Å². The molecule has 0 unspecified atom stereocenters. The Balaban J connectivity index is 1.58. The van der Waals surface area contributed by atoms with Crippen molar-refractivity contribution in [3.63, 3.8) is 0 Å². The lowest BCUT2D eigenvalue weighted by atomic mass is 10.3. The van der Waals surface area contributed by atoms with Crippen LogP contribution in [0.1, 0.15) is 5.76 Å². The van der Waals surface area contributed by atoms with Crippen LogP contribution >= 0.6 is 0 Å². The molecular weight excluding hydrogens is 389 g/mol. The van der Waals surface area contributed by atoms with Crippen LogP contribution in [-0.4, -0.2) is 26.1 Å². The van der Waals surface area contributed by atoms with Crippen molar-refractivity contribution in [1.29, 1.82) is 0 Å². The molecule has 146 valence electrons. The Labute approximate surface area is 160 Å². The second-order valence-corrected chi connectivity index (χ2v) is 7.43. The first-order chi connectivity index (χ1) is 13.3. The Bertz CT molecular complexity index is 1080. The first-order valence-electron chi connectivity index (χ1n) is 8.06. The number of aromatic nitrogens is 1. The van der Waals surface area contributed by atoms with E-state index in [1.807, 2.05) is 0 Å². The summed E-state index contributed by atoms with van der Waals surface area (Å²) in [4.78, 5) is 11.9. The average Bonchev–Trinajstić information content (AvgIpc) is 3.04. The first-order valence-corrected chi connectivity index (χ1v) is 9.54. The SMILES string of the molecule is Cc1cc(NS(=O)(=O)c2ccc(NC(=O)COc3cccc(F)c3)cc2)no1. The fourth-order valence-electron chi connectivity index (χ4n) is 2.23. The van der Waals surface area contributed by atoms with E-state index in [1.165, 1.54) is 48.5 Å². The maximum atomic E-state index is 13.1. The number of nitrogens with zero attached hydrogens (tertiary/aromatic N) is 1. The van der Waals surface area contributed by atoms with Crippen LogP contribution in [0.4, 0.5) is 15.9 Å². The lowest BCUT2D eigenvalue weighted by Crippen LogP contribution is -2.20. The van der Waals surface area contributed by atoms with Crippen LogP contribution in [0, 0.1) is 12.7 Å². The fourth-order valence-corrected chi connectivity index (χ4v) is 3.22. The number of rotatable bonds is 7. The minimum Gasteiger partial charge on any atom is -0.484 e. The predicted molar refractivity (Wildman–Crippen MR) is 99.0 cm³/mol. The van der Waals surface area contributed by atoms with Gasteiger partial charge >= 0.3 is 0 Å². The van der Waals surface area contributed by atoms with Gasteiger partial charge in [0.25, 0.3) is 15.9 Å². The largest absolute Gasteiger partial charge is 0.484 e. The van der Waals surface area contributed by atoms with E-state index in [9.17, 15) is 17.6 Å². The number of anilines is 2. The van der Waals surface area contributed by atoms with Gasteiger partial charge in [-0.1, -0.05) is 11.2 Å². The molecule has 0 radical (unpaired) electrons. The van der Waals surface area contributed by atoms with Gasteiger partial charge in [0.2, 0.25) is 0 Å². The zero-order valence-electron chi connectivity index (χ0n) is 14.7. The van der Waals surface area contributed by atoms with E-state index in [4.69, 9.17) is 9.26 Å². The Morgan fingerprint density at radius 1 is 1.18 bits per heavy atom. The van der Waals surface area contributed by atoms with E-state index in [0.29, 0.717) is 11.4 Å². The number of halogens is 1. The molecule has 2 aromatic carbocycles. The Morgan fingerprint density at radius 2 is 1.93 bits per heavy atom. The second-order valence-electron chi connectivity index (χ2n) is 5.75. The molecule has 2 N–H and O–H groups in total. The highest BCUT2D eigenvalue weighted by atomic mass is 32.2. The van der Waals surface area contributed by atoms with Crippen LogP contribution in [-0.2, 0) is 14.8 Å². The van der Waals surface area contributed by atoms with Gasteiger partial charge in [-0.05, 0) is 43.3 Å². The number of hydrogen-bond acceptors (Lipinski definition) is 6. The third kappa shape index (κ3) is 5.07. The number of aryl methyl sites for hydroxylation is 1. The summed E-state index contributed by atoms with van der Waals surface area (Å²) in [5, 5.41) is 6.13. The third-order valence-electron chi connectivity index (χ3n) is 3.48. The number of sulfonamides is 1. The third-order valence-corrected chi connectivity index (χ3v) is 4.85. The Hall–Kier alpha value is -3.40. The molecule has 8 nitrogen and oxygen atoms in total. The lowest BCUT2D eigenvalue weighted by Gasteiger charge is -2.09. The lowest BCUT2D eigenvalue weighted by molar-refractivity contribution is -0.118. The summed E-state index contributed by atoms with van der Waals surface area (Å²) in [6.07, 6.45) is 0. The molecule has 0 atom stereocenters. The van der Waals surface area contributed by atoms with E-state index in [-0.39, 0.29) is 23.1 Å². The van der Waals surface area contributed by atoms with Crippen LogP contribution in [0.2, 0.25) is 0 Å². The number of amides is 1. The molecule has 3 aromatic rings. The predicted octanol–water partition coefficient (Wildman–Crippen LogP) is 2.94. The van der Waals surface area contributed by atoms with Gasteiger partial charge in [0.1, 0.15) is 17.3 Å². The van der Waals surface area contributed by atoms with Gasteiger partial charge < -0.3 is 14.6 Å². The molecule has 0 aliphatic rings. The molecule has 0 bridgehead atoms. The van der Waals surface area contributed by atoms with Crippen molar-refractivity contribution in [2.24, 2.45) is 0 Å². The minimum atomic E-state index is -3.84. The van der Waals surface area contributed by atoms with Crippen molar-refractivity contribution >= 4 is 27.4 Å². The molecule has 0 spiro atoms. The van der Waals surface area contributed by atoms with Crippen LogP contribution in [0.3, 0.4) is 0 Å². The van der Waals surface area contributed by atoms with Gasteiger partial charge in [0.05, 0.1) is 4.90 Å². The maximum Gasteiger partial charge on any atom is 0.263 e. The van der Waals surface area contributed by atoms with E-state index < -0.39 is 21.7 Å². The molecule has 0 saturated carbocycles. The van der Waals surface area contributed by atoms with Crippen molar-refractivity contribution in [1.82, 2.24) is 5.16 Å². The zero-order chi connectivity index (χ0) is 20.1. The number of nitrogens with one attached hydrogen (secondary N) is 2. The molecule has 1 heterocycles. The number of carbonyl (C=O) groups is 1. The second kappa shape index (κ2) is 8.09. The summed E-state index contributed by atoms with van der Waals surface area (Å²) in [5.41, 5.74) is 0.379. The van der Waals surface area contributed by atoms with Crippen LogP contribution in [0.25, 0.3) is 0 Å². The van der Waals surface area contributed by atoms with Crippen molar-refractivity contribution in [3.8, 4) is 5.75 Å². The maximum absolute atomic E-state index is 13.1. The minimum absolute atomic E-state index is 0.0119. The highest BCUT2D eigenvalue weighted by molar-refractivity contribution is 7.92. The molecule has 1 aromatic heterocycles. The highest BCUT2D eigenvalue weighted by Crippen LogP contribution is 2.18. The van der Waals surface area contributed by atoms with Gasteiger partial charge in [-0.15, -0.1) is 0 Å². The normalized spacial score (nSPS) is 11.1. The summed E-state index contributed by atoms with van der Waals surface area (Å²) in [6.45, 7) is 1.32. The summed E-state index contributed by atoms with van der Waals surface area (Å²) in [7, 11) is -3.84. The van der Waals surface area contributed by atoms with Crippen molar-refractivity contribution in [3.05, 3.63) is 66.2 Å². The molecular formula is C18H16FN3O5S. The molecule has 0 fully saturated rings. The first kappa shape index (κ1) is 19.4. The van der Waals surface area contributed by atoms with E-state index >= 15 is 0 Å². The van der Waals surface area contributed by atoms with Gasteiger partial charge in [-0.25, -0.2) is 12.8 Å². The molecule has 1 amide bonds. The molecule has 0 aliphatic heterocycles. The van der Waals surface area contributed by atoms with Crippen LogP contribution in [0.15, 0.2) is 64.0 Å². The smallest absolute Gasteiger partial charge is 0.263 e. The zero-order valence-corrected chi connectivity index (χ0v) is 15.5. The molecule has 3 rings (SSSR count). The number of hydrogen-bond donors (Lipinski definition) is 2. The van der Waals surface area contributed by atoms with Crippen LogP contribution < -0.4 is 14.8 Å². The van der Waals surface area contributed by atoms with E-state index in [0.717, 1.165) is 6.07 Å². The van der Waals surface area contributed by atoms with Crippen molar-refractivity contribution in [2.45, 2.75) is 11.8 Å². The fraction of sp³-hybridized carbons (Fsp3) is 0.111. The molecule has 28 heavy (non-hydrogen) atoms. The molecule has 0 aliphatic carbocycles. The van der Waals surface area contributed by atoms with Gasteiger partial charge in [0.15, 0.2) is 12.4 Å². The van der Waals surface area contributed by atoms with Crippen LogP contribution in [0.5, 0.6) is 5.75 Å². The quantitative estimate of drug-likeness (QED) is 0.625. The number of carbonyl (C=O) groups excluding carboxylic acids is 1. The summed E-state index contributed by atoms with van der Waals surface area (Å²) >= 11 is 0. The van der Waals surface area contributed by atoms with Gasteiger partial charge in [0, 0.05) is 17.8 Å². The average molecular weight is 405 g/mol. The highest BCUT2D eigenvalue weighted by Gasteiger charge is 2.16. The van der Waals surface area contributed by atoms with Crippen molar-refractivity contribution in [2.75, 3.05) is 16.6 Å². The molecule has 10 heteroatoms. The topological polar surface area (TPSA) is 111 Å². The van der Waals surface area contributed by atoms with E-state index in [1.54, 1.807) is 6.92 Å². The summed E-state index contributed by atoms with van der Waals surface area (Å²) in [5.74, 6) is -0.175. The summed E-state index contributed by atoms with van der Waals surface area (Å²) in [6, 6.07) is 12.4. The number of benzene rings is 2. The monoisotopic (exact) mass is 405 g/mol. The standard InChI is InChI=1S/C18H16FN3O5S/c1-12-9-17(21-27-12)22-28(24,25)16-7-5-14(6-8-16)20-18(23)11-26-15-4-2-3-13(19)10-15/h2-10H,11H2,1H3,(H,20,23)(H,21,22). The Kier molecular flexibility index (Phi) is 5.59. The summed E-state index contributed by atoms with van der Waals surface area (Å²) < 4.78 is 50.0.